The van der Waals surface area contributed by atoms with Crippen LogP contribution >= 0.6 is 0 Å². The van der Waals surface area contributed by atoms with E-state index in [1.54, 1.807) is 0 Å². The molecule has 1 spiro atoms. The topological polar surface area (TPSA) is 17.4 Å². The Morgan fingerprint density at radius 3 is 1.58 bits per heavy atom. The van der Waals surface area contributed by atoms with Crippen molar-refractivity contribution in [3.05, 3.63) is 265 Å². The van der Waals surface area contributed by atoms with E-state index in [4.69, 9.17) is 4.74 Å². The van der Waals surface area contributed by atoms with Gasteiger partial charge in [0, 0.05) is 44.6 Å². The molecule has 0 fully saturated rings. The van der Waals surface area contributed by atoms with Crippen molar-refractivity contribution >= 4 is 38.9 Å². The molecule has 10 aromatic carbocycles. The number of hydrogen-bond acceptors (Lipinski definition) is 2. The van der Waals surface area contributed by atoms with Gasteiger partial charge < -0.3 is 14.2 Å². The molecule has 1 aliphatic heterocycles. The van der Waals surface area contributed by atoms with E-state index in [-0.39, 0.29) is 0 Å². The van der Waals surface area contributed by atoms with E-state index < -0.39 is 5.41 Å². The molecule has 0 radical (unpaired) electrons. The molecule has 1 aliphatic carbocycles. The summed E-state index contributed by atoms with van der Waals surface area (Å²) in [5.41, 5.74) is 18.4. The Hall–Kier alpha value is -8.40. The van der Waals surface area contributed by atoms with Gasteiger partial charge in [-0.2, -0.15) is 0 Å². The molecule has 0 saturated carbocycles. The van der Waals surface area contributed by atoms with E-state index in [0.717, 1.165) is 34.2 Å². The quantitative estimate of drug-likeness (QED) is 0.166. The second kappa shape index (κ2) is 14.3. The van der Waals surface area contributed by atoms with Crippen molar-refractivity contribution < 1.29 is 4.74 Å². The molecule has 0 saturated heterocycles. The third-order valence-electron chi connectivity index (χ3n) is 13.5. The molecule has 13 rings (SSSR count). The minimum Gasteiger partial charge on any atom is -0.457 e. The van der Waals surface area contributed by atoms with E-state index in [1.165, 1.54) is 77.4 Å². The van der Waals surface area contributed by atoms with Crippen LogP contribution in [0.25, 0.3) is 60.9 Å². The standard InChI is InChI=1S/C61H40N2O/c1-3-16-41(17-4-1)42-30-34-45(35-31-42)62(44-18-5-2-6-19-44)46-36-32-43(33-37-46)48-22-15-27-57-60(48)51-21-8-12-26-56(51)63(57)47-38-39-50-49-20-7-9-23-52(49)61(55(50)40-47)53-24-10-13-28-58(53)64-59-29-14-11-25-54(59)61/h1-40H. The molecule has 2 heterocycles. The van der Waals surface area contributed by atoms with Crippen LogP contribution in [0.5, 0.6) is 11.5 Å². The number of benzene rings is 10. The Labute approximate surface area is 372 Å². The lowest BCUT2D eigenvalue weighted by Crippen LogP contribution is -2.32. The maximum absolute atomic E-state index is 6.64. The second-order valence-corrected chi connectivity index (χ2v) is 16.8. The summed E-state index contributed by atoms with van der Waals surface area (Å²) in [6, 6.07) is 88.0. The van der Waals surface area contributed by atoms with Crippen molar-refractivity contribution in [3.8, 4) is 50.6 Å². The minimum atomic E-state index is -0.545. The van der Waals surface area contributed by atoms with Gasteiger partial charge in [-0.05, 0) is 117 Å². The molecule has 0 amide bonds. The van der Waals surface area contributed by atoms with Gasteiger partial charge in [0.2, 0.25) is 0 Å². The van der Waals surface area contributed by atoms with Crippen molar-refractivity contribution in [2.45, 2.75) is 5.41 Å². The predicted octanol–water partition coefficient (Wildman–Crippen LogP) is 16.1. The summed E-state index contributed by atoms with van der Waals surface area (Å²) < 4.78 is 9.11. The molecule has 0 atom stereocenters. The Morgan fingerprint density at radius 2 is 0.859 bits per heavy atom. The minimum absolute atomic E-state index is 0.545. The fourth-order valence-electron chi connectivity index (χ4n) is 10.8. The SMILES string of the molecule is c1ccc(-c2ccc(N(c3ccccc3)c3ccc(-c4cccc5c4c4ccccc4n5-c4ccc5c(c4)C4(c6ccccc6Oc6ccccc64)c4ccccc4-5)cc3)cc2)cc1. The second-order valence-electron chi connectivity index (χ2n) is 16.8. The largest absolute Gasteiger partial charge is 0.457 e. The lowest BCUT2D eigenvalue weighted by atomic mass is 9.66. The molecule has 0 N–H and O–H groups in total. The van der Waals surface area contributed by atoms with E-state index in [9.17, 15) is 0 Å². The van der Waals surface area contributed by atoms with Crippen LogP contribution in [0.2, 0.25) is 0 Å². The zero-order valence-electron chi connectivity index (χ0n) is 34.9. The van der Waals surface area contributed by atoms with Gasteiger partial charge in [-0.15, -0.1) is 0 Å². The summed E-state index contributed by atoms with van der Waals surface area (Å²) in [7, 11) is 0. The van der Waals surface area contributed by atoms with E-state index in [2.05, 4.69) is 252 Å². The molecule has 3 nitrogen and oxygen atoms in total. The molecule has 11 aromatic rings. The molecule has 0 unspecified atom stereocenters. The first-order valence-electron chi connectivity index (χ1n) is 22.0. The van der Waals surface area contributed by atoms with Gasteiger partial charge in [0.25, 0.3) is 0 Å². The highest BCUT2D eigenvalue weighted by Crippen LogP contribution is 2.62. The highest BCUT2D eigenvalue weighted by Gasteiger charge is 2.51. The normalized spacial score (nSPS) is 12.9. The molecule has 300 valence electrons. The smallest absolute Gasteiger partial charge is 0.132 e. The summed E-state index contributed by atoms with van der Waals surface area (Å²) in [5, 5.41) is 2.46. The van der Waals surface area contributed by atoms with Crippen LogP contribution in [0, 0.1) is 0 Å². The maximum Gasteiger partial charge on any atom is 0.132 e. The van der Waals surface area contributed by atoms with E-state index >= 15 is 0 Å². The van der Waals surface area contributed by atoms with Crippen LogP contribution in [0.1, 0.15) is 22.3 Å². The van der Waals surface area contributed by atoms with Gasteiger partial charge in [-0.1, -0.05) is 170 Å². The fraction of sp³-hybridized carbons (Fsp3) is 0.0164. The van der Waals surface area contributed by atoms with Crippen molar-refractivity contribution in [3.63, 3.8) is 0 Å². The van der Waals surface area contributed by atoms with Crippen molar-refractivity contribution in [2.75, 3.05) is 4.90 Å². The summed E-state index contributed by atoms with van der Waals surface area (Å²) in [6.07, 6.45) is 0. The lowest BCUT2D eigenvalue weighted by molar-refractivity contribution is 0.436. The average molecular weight is 817 g/mol. The van der Waals surface area contributed by atoms with Crippen LogP contribution in [-0.2, 0) is 5.41 Å². The van der Waals surface area contributed by atoms with Gasteiger partial charge in [0.1, 0.15) is 11.5 Å². The number of rotatable bonds is 6. The number of nitrogens with zero attached hydrogens (tertiary/aromatic N) is 2. The van der Waals surface area contributed by atoms with Crippen LogP contribution in [0.3, 0.4) is 0 Å². The number of para-hydroxylation sites is 4. The Bertz CT molecular complexity index is 3520. The van der Waals surface area contributed by atoms with Crippen LogP contribution < -0.4 is 9.64 Å². The molecular weight excluding hydrogens is 777 g/mol. The zero-order chi connectivity index (χ0) is 42.2. The molecule has 0 bridgehead atoms. The fourth-order valence-corrected chi connectivity index (χ4v) is 10.8. The first kappa shape index (κ1) is 36.3. The highest BCUT2D eigenvalue weighted by molar-refractivity contribution is 6.16. The molecular formula is C61H40N2O. The van der Waals surface area contributed by atoms with E-state index in [0.29, 0.717) is 0 Å². The first-order chi connectivity index (χ1) is 31.8. The Balaban J connectivity index is 0.958. The summed E-state index contributed by atoms with van der Waals surface area (Å²) in [4.78, 5) is 2.33. The lowest BCUT2D eigenvalue weighted by Gasteiger charge is -2.39. The van der Waals surface area contributed by atoms with Crippen LogP contribution in [0.15, 0.2) is 243 Å². The summed E-state index contributed by atoms with van der Waals surface area (Å²) in [6.45, 7) is 0. The predicted molar refractivity (Wildman–Crippen MR) is 264 cm³/mol. The maximum atomic E-state index is 6.64. The number of anilines is 3. The molecule has 2 aliphatic rings. The van der Waals surface area contributed by atoms with Gasteiger partial charge in [-0.25, -0.2) is 0 Å². The van der Waals surface area contributed by atoms with Crippen LogP contribution in [0.4, 0.5) is 17.1 Å². The molecule has 64 heavy (non-hydrogen) atoms. The van der Waals surface area contributed by atoms with Gasteiger partial charge in [0.15, 0.2) is 0 Å². The van der Waals surface area contributed by atoms with Crippen molar-refractivity contribution in [1.82, 2.24) is 4.57 Å². The number of fused-ring (bicyclic) bond motifs is 12. The first-order valence-corrected chi connectivity index (χ1v) is 22.0. The van der Waals surface area contributed by atoms with Gasteiger partial charge in [-0.3, -0.25) is 0 Å². The average Bonchev–Trinajstić information content (AvgIpc) is 3.86. The van der Waals surface area contributed by atoms with Gasteiger partial charge in [0.05, 0.1) is 16.4 Å². The van der Waals surface area contributed by atoms with Gasteiger partial charge >= 0.3 is 0 Å². The number of hydrogen-bond donors (Lipinski definition) is 0. The Kier molecular flexibility index (Phi) is 8.13. The van der Waals surface area contributed by atoms with Crippen molar-refractivity contribution in [1.29, 1.82) is 0 Å². The van der Waals surface area contributed by atoms with Crippen molar-refractivity contribution in [2.24, 2.45) is 0 Å². The van der Waals surface area contributed by atoms with E-state index in [1.807, 2.05) is 0 Å². The summed E-state index contributed by atoms with van der Waals surface area (Å²) >= 11 is 0. The molecule has 1 aromatic heterocycles. The zero-order valence-corrected chi connectivity index (χ0v) is 34.9. The Morgan fingerprint density at radius 1 is 0.344 bits per heavy atom. The number of ether oxygens (including phenoxy) is 1. The monoisotopic (exact) mass is 816 g/mol. The van der Waals surface area contributed by atoms with Crippen LogP contribution in [-0.4, -0.2) is 4.57 Å². The third-order valence-corrected chi connectivity index (χ3v) is 13.5. The highest BCUT2D eigenvalue weighted by atomic mass is 16.5. The number of aromatic nitrogens is 1. The third kappa shape index (κ3) is 5.34. The molecule has 3 heteroatoms. The summed E-state index contributed by atoms with van der Waals surface area (Å²) in [5.74, 6) is 1.80.